The van der Waals surface area contributed by atoms with E-state index in [1.807, 2.05) is 0 Å². The Morgan fingerprint density at radius 2 is 1.63 bits per heavy atom. The number of nitrogens with one attached hydrogen (secondary N) is 2. The molecule has 1 fully saturated rings. The third kappa shape index (κ3) is 18.2. The molecule has 3 heterocycles. The second kappa shape index (κ2) is 24.7. The number of unbranched alkanes of at least 4 members (excludes halogenated alkanes) is 5. The summed E-state index contributed by atoms with van der Waals surface area (Å²) in [6.07, 6.45) is 0.448. The molecule has 11 N–H and O–H groups in total. The molecule has 354 valence electrons. The van der Waals surface area contributed by atoms with Crippen molar-refractivity contribution >= 4 is 69.1 Å². The van der Waals surface area contributed by atoms with Gasteiger partial charge in [0.1, 0.15) is 36.3 Å². The van der Waals surface area contributed by atoms with E-state index in [4.69, 9.17) is 19.5 Å². The third-order valence-electron chi connectivity index (χ3n) is 9.34. The van der Waals surface area contributed by atoms with Gasteiger partial charge in [-0.15, -0.1) is 0 Å². The summed E-state index contributed by atoms with van der Waals surface area (Å²) in [5.74, 6) is -1.18. The zero-order chi connectivity index (χ0) is 46.3. The van der Waals surface area contributed by atoms with Gasteiger partial charge in [-0.1, -0.05) is 71.1 Å². The van der Waals surface area contributed by atoms with Crippen molar-refractivity contribution in [3.8, 4) is 0 Å². The lowest BCUT2D eigenvalue weighted by Gasteiger charge is -2.30. The summed E-state index contributed by atoms with van der Waals surface area (Å²) in [5.41, 5.74) is 4.25. The monoisotopic (exact) mass is 965 g/mol. The van der Waals surface area contributed by atoms with Crippen molar-refractivity contribution < 1.29 is 85.6 Å². The van der Waals surface area contributed by atoms with Gasteiger partial charge < -0.3 is 56.0 Å². The van der Waals surface area contributed by atoms with Crippen LogP contribution >= 0.6 is 35.2 Å². The molecule has 8 unspecified atom stereocenters. The number of anilines is 1. The molecule has 29 heteroatoms. The number of fused-ring (bicyclic) bond motifs is 1. The largest absolute Gasteiger partial charge is 0.481 e. The second-order valence-corrected chi connectivity index (χ2v) is 20.4. The lowest BCUT2D eigenvalue weighted by Crippen LogP contribution is -2.46. The van der Waals surface area contributed by atoms with Crippen LogP contribution in [0.2, 0.25) is 0 Å². The summed E-state index contributed by atoms with van der Waals surface area (Å²) in [6.45, 7) is 2.58. The van der Waals surface area contributed by atoms with E-state index in [9.17, 15) is 63.0 Å². The minimum atomic E-state index is -5.58. The summed E-state index contributed by atoms with van der Waals surface area (Å²) in [6, 6.07) is 0. The fraction of sp³-hybridized carbons (Fsp3) is 0.758. The molecule has 8 atom stereocenters. The minimum absolute atomic E-state index is 0.0279. The molecule has 0 bridgehead atoms. The average Bonchev–Trinajstić information content (AvgIpc) is 3.75. The molecule has 25 nitrogen and oxygen atoms in total. The molecule has 1 aliphatic heterocycles. The number of aliphatic hydroxyl groups is 3. The molecule has 0 radical (unpaired) electrons. The second-order valence-electron chi connectivity index (χ2n) is 15.0. The highest BCUT2D eigenvalue weighted by Gasteiger charge is 2.50. The molecule has 3 rings (SSSR count). The number of aliphatic hydroxyl groups excluding tert-OH is 3. The molecule has 1 aliphatic rings. The van der Waals surface area contributed by atoms with Gasteiger partial charge in [-0.2, -0.15) is 4.31 Å². The first-order valence-electron chi connectivity index (χ1n) is 19.7. The van der Waals surface area contributed by atoms with Gasteiger partial charge >= 0.3 is 23.5 Å². The maximum absolute atomic E-state index is 12.7. The van der Waals surface area contributed by atoms with E-state index in [-0.39, 0.29) is 48.0 Å². The lowest BCUT2D eigenvalue weighted by atomic mass is 9.87. The van der Waals surface area contributed by atoms with Crippen molar-refractivity contribution in [2.45, 2.75) is 122 Å². The first-order chi connectivity index (χ1) is 28.9. The van der Waals surface area contributed by atoms with Gasteiger partial charge in [0, 0.05) is 37.1 Å². The van der Waals surface area contributed by atoms with Gasteiger partial charge in [0.2, 0.25) is 11.8 Å². The molecule has 0 saturated carbocycles. The van der Waals surface area contributed by atoms with Crippen molar-refractivity contribution in [1.82, 2.24) is 30.2 Å². The maximum atomic E-state index is 12.7. The summed E-state index contributed by atoms with van der Waals surface area (Å²) in [5, 5.41) is 36.5. The standard InChI is InChI=1S/C33H58N7O18P3S/c1-4-5-6-7-8-9-10-21(41)11-12-24(43)62-16-15-35-23(42)13-14-36-31(46)28(45)33(2,3)18-55-61(52,53)58-60(50,51)54-17-22-27(57-59(47,48)49)26(44)32(56-22)40-20-39-25-29(34)37-19-38-30(25)40/h19-22,26-28,32,41,44-45H,4-18H2,1-3H3,(H,35,42)(H,36,46)(H,50,51)(H,52,53)(H2,34,37,38)(H2,47,48,49). The predicted molar refractivity (Wildman–Crippen MR) is 220 cm³/mol. The molecule has 2 aromatic rings. The van der Waals surface area contributed by atoms with Crippen LogP contribution in [0.15, 0.2) is 12.7 Å². The number of hydrogen-bond acceptors (Lipinski definition) is 19. The molecular formula is C33H58N7O18P3S. The van der Waals surface area contributed by atoms with Crippen LogP contribution in [0.4, 0.5) is 5.82 Å². The predicted octanol–water partition coefficient (Wildman–Crippen LogP) is 1.56. The van der Waals surface area contributed by atoms with Gasteiger partial charge in [0.15, 0.2) is 22.8 Å². The van der Waals surface area contributed by atoms with Crippen LogP contribution < -0.4 is 16.4 Å². The van der Waals surface area contributed by atoms with E-state index < -0.39 is 90.7 Å². The van der Waals surface area contributed by atoms with Crippen molar-refractivity contribution in [2.24, 2.45) is 5.41 Å². The average molecular weight is 966 g/mol. The van der Waals surface area contributed by atoms with E-state index in [1.54, 1.807) is 0 Å². The van der Waals surface area contributed by atoms with Crippen LogP contribution in [0.1, 0.15) is 91.2 Å². The highest BCUT2D eigenvalue weighted by atomic mass is 32.2. The molecule has 0 aromatic carbocycles. The van der Waals surface area contributed by atoms with Crippen molar-refractivity contribution in [3.05, 3.63) is 12.7 Å². The first-order valence-corrected chi connectivity index (χ1v) is 25.2. The number of carbonyl (C=O) groups is 3. The quantitative estimate of drug-likeness (QED) is 0.0408. The fourth-order valence-corrected chi connectivity index (χ4v) is 9.48. The van der Waals surface area contributed by atoms with Crippen molar-refractivity contribution in [3.63, 3.8) is 0 Å². The van der Waals surface area contributed by atoms with E-state index in [0.29, 0.717) is 18.6 Å². The van der Waals surface area contributed by atoms with E-state index in [0.717, 1.165) is 48.2 Å². The van der Waals surface area contributed by atoms with Crippen molar-refractivity contribution in [2.75, 3.05) is 37.8 Å². The molecular weight excluding hydrogens is 907 g/mol. The van der Waals surface area contributed by atoms with Gasteiger partial charge in [-0.05, 0) is 12.8 Å². The topological polar surface area (TPSA) is 384 Å². The number of thioether (sulfide) groups is 1. The highest BCUT2D eigenvalue weighted by molar-refractivity contribution is 8.13. The zero-order valence-electron chi connectivity index (χ0n) is 34.5. The SMILES string of the molecule is CCCCCCCCC(O)CCC(=O)SCCNC(=O)CCNC(=O)C(O)C(C)(C)COP(=O)(O)OP(=O)(O)OCC1OC(n2cnc3c(N)ncnc32)C(O)C1OP(=O)(O)O. The zero-order valence-corrected chi connectivity index (χ0v) is 38.0. The fourth-order valence-electron chi connectivity index (χ4n) is 5.96. The van der Waals surface area contributed by atoms with Crippen LogP contribution in [0.25, 0.3) is 11.2 Å². The number of aromatic nitrogens is 4. The van der Waals surface area contributed by atoms with Crippen LogP contribution in [0.5, 0.6) is 0 Å². The first kappa shape index (κ1) is 53.9. The molecule has 0 aliphatic carbocycles. The number of ether oxygens (including phenoxy) is 1. The minimum Gasteiger partial charge on any atom is -0.393 e. The molecule has 0 spiro atoms. The van der Waals surface area contributed by atoms with E-state index in [2.05, 4.69) is 41.3 Å². The van der Waals surface area contributed by atoms with Crippen molar-refractivity contribution in [1.29, 1.82) is 0 Å². The normalized spacial score (nSPS) is 21.3. The highest BCUT2D eigenvalue weighted by Crippen LogP contribution is 2.61. The number of phosphoric ester groups is 3. The Bertz CT molecular complexity index is 1920. The number of carbonyl (C=O) groups excluding carboxylic acids is 3. The van der Waals surface area contributed by atoms with Gasteiger partial charge in [0.05, 0.1) is 25.6 Å². The molecule has 62 heavy (non-hydrogen) atoms. The number of imidazole rings is 1. The molecule has 2 amide bonds. The van der Waals surface area contributed by atoms with Gasteiger partial charge in [0.25, 0.3) is 0 Å². The Kier molecular flexibility index (Phi) is 21.5. The Morgan fingerprint density at radius 3 is 2.32 bits per heavy atom. The lowest BCUT2D eigenvalue weighted by molar-refractivity contribution is -0.137. The number of nitrogens with zero attached hydrogens (tertiary/aromatic N) is 4. The van der Waals surface area contributed by atoms with Gasteiger partial charge in [-0.25, -0.2) is 28.6 Å². The van der Waals surface area contributed by atoms with Crippen LogP contribution in [0.3, 0.4) is 0 Å². The van der Waals surface area contributed by atoms with Crippen LogP contribution in [-0.4, -0.2) is 134 Å². The number of nitrogens with two attached hydrogens (primary N) is 1. The number of amides is 2. The Labute approximate surface area is 361 Å². The Balaban J connectivity index is 1.39. The summed E-state index contributed by atoms with van der Waals surface area (Å²) < 4.78 is 62.3. The van der Waals surface area contributed by atoms with E-state index in [1.165, 1.54) is 33.1 Å². The molecule has 2 aromatic heterocycles. The summed E-state index contributed by atoms with van der Waals surface area (Å²) >= 11 is 1.04. The van der Waals surface area contributed by atoms with E-state index >= 15 is 0 Å². The smallest absolute Gasteiger partial charge is 0.393 e. The third-order valence-corrected chi connectivity index (χ3v) is 13.4. The number of nitrogen functional groups attached to an aromatic ring is 1. The number of hydrogen-bond donors (Lipinski definition) is 10. The summed E-state index contributed by atoms with van der Waals surface area (Å²) in [7, 11) is -16.4. The molecule has 1 saturated heterocycles. The summed E-state index contributed by atoms with van der Waals surface area (Å²) in [4.78, 5) is 88.0. The number of rotatable bonds is 29. The van der Waals surface area contributed by atoms with Crippen LogP contribution in [0, 0.1) is 5.41 Å². The number of phosphoric acid groups is 3. The Hall–Kier alpha value is -2.48. The maximum Gasteiger partial charge on any atom is 0.481 e. The van der Waals surface area contributed by atoms with Crippen LogP contribution in [-0.2, 0) is 50.7 Å². The van der Waals surface area contributed by atoms with Gasteiger partial charge in [-0.3, -0.25) is 32.5 Å². The Morgan fingerprint density at radius 1 is 0.952 bits per heavy atom.